The minimum absolute atomic E-state index is 0.112. The number of aliphatic hydroxyl groups excluding tert-OH is 1. The van der Waals surface area contributed by atoms with E-state index in [-0.39, 0.29) is 22.1 Å². The molecule has 1 aliphatic heterocycles. The molecule has 1 fully saturated rings. The zero-order valence-corrected chi connectivity index (χ0v) is 23.8. The van der Waals surface area contributed by atoms with Gasteiger partial charge in [0.25, 0.3) is 0 Å². The van der Waals surface area contributed by atoms with Crippen LogP contribution in [0.25, 0.3) is 38.6 Å². The Morgan fingerprint density at radius 2 is 1.73 bits per heavy atom. The summed E-state index contributed by atoms with van der Waals surface area (Å²) in [6.45, 7) is 6.87. The van der Waals surface area contributed by atoms with Gasteiger partial charge in [-0.2, -0.15) is 0 Å². The fourth-order valence-corrected chi connectivity index (χ4v) is 5.95. The minimum Gasteiger partial charge on any atom is -0.507 e. The van der Waals surface area contributed by atoms with Crippen molar-refractivity contribution < 1.29 is 38.4 Å². The number of aliphatic hydroxyl groups is 1. The van der Waals surface area contributed by atoms with Crippen molar-refractivity contribution in [2.75, 3.05) is 28.3 Å². The van der Waals surface area contributed by atoms with E-state index in [9.17, 15) is 19.8 Å². The number of esters is 1. The number of rotatable bonds is 6. The molecule has 2 heterocycles. The lowest BCUT2D eigenvalue weighted by Gasteiger charge is -2.46. The van der Waals surface area contributed by atoms with Gasteiger partial charge < -0.3 is 38.5 Å². The molecule has 0 bridgehead atoms. The van der Waals surface area contributed by atoms with E-state index in [1.54, 1.807) is 56.3 Å². The molecular formula is C31H33NO9. The summed E-state index contributed by atoms with van der Waals surface area (Å²) in [5.74, 6) is 0.144. The summed E-state index contributed by atoms with van der Waals surface area (Å²) >= 11 is 0. The maximum absolute atomic E-state index is 13.4. The van der Waals surface area contributed by atoms with Gasteiger partial charge in [0.1, 0.15) is 41.1 Å². The highest BCUT2D eigenvalue weighted by atomic mass is 16.6. The molecule has 4 aromatic rings. The van der Waals surface area contributed by atoms with E-state index < -0.39 is 42.1 Å². The summed E-state index contributed by atoms with van der Waals surface area (Å²) in [6.07, 6.45) is -1.86. The highest BCUT2D eigenvalue weighted by Gasteiger charge is 2.47. The van der Waals surface area contributed by atoms with Crippen molar-refractivity contribution in [1.29, 1.82) is 0 Å². The number of ether oxygens (including phenoxy) is 4. The zero-order chi connectivity index (χ0) is 29.7. The molecule has 5 atom stereocenters. The third kappa shape index (κ3) is 4.57. The number of fused-ring (bicyclic) bond motifs is 5. The molecule has 216 valence electrons. The summed E-state index contributed by atoms with van der Waals surface area (Å²) in [4.78, 5) is 27.1. The molecule has 1 saturated heterocycles. The Morgan fingerprint density at radius 3 is 2.34 bits per heavy atom. The summed E-state index contributed by atoms with van der Waals surface area (Å²) in [5, 5.41) is 24.6. The van der Waals surface area contributed by atoms with Gasteiger partial charge in [-0.25, -0.2) is 4.79 Å². The van der Waals surface area contributed by atoms with E-state index in [0.717, 1.165) is 0 Å². The van der Waals surface area contributed by atoms with E-state index in [4.69, 9.17) is 23.4 Å². The monoisotopic (exact) mass is 563 g/mol. The summed E-state index contributed by atoms with van der Waals surface area (Å²) in [6, 6.07) is 7.59. The first-order chi connectivity index (χ1) is 19.5. The average molecular weight is 564 g/mol. The first-order valence-corrected chi connectivity index (χ1v) is 13.1. The van der Waals surface area contributed by atoms with E-state index in [0.29, 0.717) is 38.8 Å². The molecule has 0 spiro atoms. The van der Waals surface area contributed by atoms with Crippen LogP contribution in [0.3, 0.4) is 0 Å². The van der Waals surface area contributed by atoms with Crippen LogP contribution < -0.4 is 15.1 Å². The fourth-order valence-electron chi connectivity index (χ4n) is 5.95. The van der Waals surface area contributed by atoms with Crippen molar-refractivity contribution >= 4 is 44.6 Å². The van der Waals surface area contributed by atoms with Crippen LogP contribution >= 0.6 is 0 Å². The lowest BCUT2D eigenvalue weighted by Crippen LogP contribution is -2.60. The van der Waals surface area contributed by atoms with E-state index >= 15 is 0 Å². The predicted octanol–water partition coefficient (Wildman–Crippen LogP) is 4.15. The van der Waals surface area contributed by atoms with Crippen molar-refractivity contribution in [1.82, 2.24) is 4.90 Å². The normalized spacial score (nSPS) is 22.8. The van der Waals surface area contributed by atoms with Crippen LogP contribution in [0.1, 0.15) is 31.1 Å². The standard InChI is InChI=1S/C31H33NO9/c1-8-16-11-19-23(21(12-16)37-6)18-13-22(38-7)25-20(34)10-9-17(24(25)29(18)41-31(19)36)30-27(35)26(32(4)5)28(14(2)39-30)40-15(3)33/h8-14,26-28,30,34-35H,1H2,2-7H3/t14-,26+,27+,28-,30-/m1/s1. The number of nitrogens with zero attached hydrogens (tertiary/aromatic N) is 1. The number of hydrogen-bond acceptors (Lipinski definition) is 10. The van der Waals surface area contributed by atoms with E-state index in [1.165, 1.54) is 27.2 Å². The molecule has 0 saturated carbocycles. The Kier molecular flexibility index (Phi) is 7.41. The van der Waals surface area contributed by atoms with Gasteiger partial charge in [0.05, 0.1) is 37.1 Å². The second-order valence-electron chi connectivity index (χ2n) is 10.4. The van der Waals surface area contributed by atoms with Crippen molar-refractivity contribution in [2.45, 2.75) is 44.3 Å². The number of phenolic OH excluding ortho intramolecular Hbond substituents is 1. The number of phenols is 1. The van der Waals surface area contributed by atoms with Gasteiger partial charge in [-0.1, -0.05) is 18.7 Å². The van der Waals surface area contributed by atoms with Crippen molar-refractivity contribution in [2.24, 2.45) is 0 Å². The number of benzene rings is 3. The molecule has 10 heteroatoms. The number of carbonyl (C=O) groups excluding carboxylic acids is 1. The molecule has 1 aromatic heterocycles. The molecule has 1 aliphatic rings. The fraction of sp³-hybridized carbons (Fsp3) is 0.355. The van der Waals surface area contributed by atoms with Crippen LogP contribution in [-0.2, 0) is 14.3 Å². The Labute approximate surface area is 236 Å². The third-order valence-corrected chi connectivity index (χ3v) is 7.72. The quantitative estimate of drug-likeness (QED) is 0.201. The van der Waals surface area contributed by atoms with Gasteiger partial charge in [-0.15, -0.1) is 0 Å². The Morgan fingerprint density at radius 1 is 1.05 bits per heavy atom. The second-order valence-corrected chi connectivity index (χ2v) is 10.4. The Balaban J connectivity index is 1.88. The van der Waals surface area contributed by atoms with Gasteiger partial charge in [0.15, 0.2) is 0 Å². The molecule has 0 radical (unpaired) electrons. The number of likely N-dealkylation sites (N-methyl/N-ethyl adjacent to an activating group) is 1. The van der Waals surface area contributed by atoms with Gasteiger partial charge in [0, 0.05) is 23.1 Å². The Hall–Kier alpha value is -4.12. The van der Waals surface area contributed by atoms with Crippen molar-refractivity contribution in [3.8, 4) is 17.2 Å². The molecule has 5 rings (SSSR count). The molecule has 41 heavy (non-hydrogen) atoms. The van der Waals surface area contributed by atoms with Gasteiger partial charge in [-0.3, -0.25) is 4.79 Å². The smallest absolute Gasteiger partial charge is 0.344 e. The van der Waals surface area contributed by atoms with E-state index in [1.807, 2.05) is 0 Å². The highest BCUT2D eigenvalue weighted by Crippen LogP contribution is 2.47. The second kappa shape index (κ2) is 10.7. The zero-order valence-electron chi connectivity index (χ0n) is 23.8. The molecule has 3 aromatic carbocycles. The topological polar surface area (TPSA) is 128 Å². The number of hydrogen-bond donors (Lipinski definition) is 2. The number of aromatic hydroxyl groups is 1. The largest absolute Gasteiger partial charge is 0.507 e. The maximum atomic E-state index is 13.4. The number of carbonyl (C=O) groups is 1. The van der Waals surface area contributed by atoms with Crippen LogP contribution in [0.2, 0.25) is 0 Å². The maximum Gasteiger partial charge on any atom is 0.344 e. The molecule has 0 amide bonds. The SMILES string of the molecule is C=Cc1cc(OC)c2c(c1)c(=O)oc1c2cc(OC)c2c(O)ccc([C@H]3O[C@H](C)[C@@H](OC(C)=O)[C@@H](N(C)C)[C@@H]3O)c21. The first-order valence-electron chi connectivity index (χ1n) is 13.1. The molecule has 0 unspecified atom stereocenters. The number of methoxy groups -OCH3 is 2. The van der Waals surface area contributed by atoms with Crippen LogP contribution in [0, 0.1) is 0 Å². The van der Waals surface area contributed by atoms with Crippen LogP contribution in [-0.4, -0.2) is 73.8 Å². The van der Waals surface area contributed by atoms with Crippen LogP contribution in [0.15, 0.2) is 46.1 Å². The lowest BCUT2D eigenvalue weighted by atomic mass is 9.86. The van der Waals surface area contributed by atoms with Crippen LogP contribution in [0.5, 0.6) is 17.2 Å². The molecule has 0 aliphatic carbocycles. The van der Waals surface area contributed by atoms with Crippen molar-refractivity contribution in [3.63, 3.8) is 0 Å². The average Bonchev–Trinajstić information content (AvgIpc) is 2.94. The lowest BCUT2D eigenvalue weighted by molar-refractivity contribution is -0.212. The van der Waals surface area contributed by atoms with E-state index in [2.05, 4.69) is 6.58 Å². The minimum atomic E-state index is -1.17. The third-order valence-electron chi connectivity index (χ3n) is 7.72. The van der Waals surface area contributed by atoms with Gasteiger partial charge in [0.2, 0.25) is 0 Å². The highest BCUT2D eigenvalue weighted by molar-refractivity contribution is 6.19. The molecule has 2 N–H and O–H groups in total. The summed E-state index contributed by atoms with van der Waals surface area (Å²) in [7, 11) is 6.54. The predicted molar refractivity (Wildman–Crippen MR) is 155 cm³/mol. The van der Waals surface area contributed by atoms with Gasteiger partial charge in [-0.05, 0) is 56.4 Å². The summed E-state index contributed by atoms with van der Waals surface area (Å²) in [5.41, 5.74) is 0.686. The Bertz CT molecular complexity index is 1740. The van der Waals surface area contributed by atoms with Gasteiger partial charge >= 0.3 is 11.6 Å². The molecule has 10 nitrogen and oxygen atoms in total. The van der Waals surface area contributed by atoms with Crippen LogP contribution in [0.4, 0.5) is 0 Å². The van der Waals surface area contributed by atoms with Crippen molar-refractivity contribution in [3.05, 3.63) is 58.5 Å². The molecular weight excluding hydrogens is 530 g/mol. The summed E-state index contributed by atoms with van der Waals surface area (Å²) < 4.78 is 29.2. The first kappa shape index (κ1) is 28.4.